The van der Waals surface area contributed by atoms with E-state index in [1.807, 2.05) is 6.92 Å². The van der Waals surface area contributed by atoms with E-state index in [1.54, 1.807) is 24.0 Å². The van der Waals surface area contributed by atoms with Crippen molar-refractivity contribution in [3.63, 3.8) is 0 Å². The maximum Gasteiger partial charge on any atom is 0.274 e. The molecule has 1 fully saturated rings. The standard InChI is InChI=1S/C22H19B4FN4O4/c1-11-7-18-28-12(2)8-19(32)31(18)29-20(11)30-6-5-15(14(27)10-30)33-13-3-4-16-17(9-13)35-22(25,26)21(23,24)34-16/h3-4,7-9,14-15H,5-6,10H2,1-2H3/t14-,15-/m1/s1. The lowest BCUT2D eigenvalue weighted by atomic mass is 9.41. The van der Waals surface area contributed by atoms with Crippen LogP contribution in [0.2, 0.25) is 0 Å². The van der Waals surface area contributed by atoms with Crippen molar-refractivity contribution in [2.24, 2.45) is 0 Å². The smallest absolute Gasteiger partial charge is 0.274 e. The van der Waals surface area contributed by atoms with E-state index in [2.05, 4.69) is 10.1 Å². The Morgan fingerprint density at radius 2 is 1.80 bits per heavy atom. The molecular weight excluding hydrogens is 447 g/mol. The predicted octanol–water partition coefficient (Wildman–Crippen LogP) is 0.455. The molecule has 0 spiro atoms. The van der Waals surface area contributed by atoms with Gasteiger partial charge < -0.3 is 19.1 Å². The predicted molar refractivity (Wildman–Crippen MR) is 131 cm³/mol. The number of halogens is 1. The largest absolute Gasteiger partial charge is 0.501 e. The lowest BCUT2D eigenvalue weighted by Gasteiger charge is -2.48. The van der Waals surface area contributed by atoms with Crippen molar-refractivity contribution in [1.82, 2.24) is 14.6 Å². The molecule has 0 unspecified atom stereocenters. The molecule has 8 nitrogen and oxygen atoms in total. The van der Waals surface area contributed by atoms with Gasteiger partial charge in [0.1, 0.15) is 43.2 Å². The molecule has 4 heterocycles. The number of hydrogen-bond acceptors (Lipinski definition) is 7. The van der Waals surface area contributed by atoms with Gasteiger partial charge in [-0.2, -0.15) is 4.52 Å². The third-order valence-corrected chi connectivity index (χ3v) is 6.09. The van der Waals surface area contributed by atoms with Gasteiger partial charge in [0.15, 0.2) is 29.1 Å². The average molecular weight is 466 g/mol. The SMILES string of the molecule is [B]C1([B])Oc2ccc(O[C@@H]3CCN(c4nn5c(=O)cc(C)nc5cc4C)C[C@H]3F)cc2OC1([B])[B]. The molecule has 35 heavy (non-hydrogen) atoms. The van der Waals surface area contributed by atoms with Gasteiger partial charge in [0.25, 0.3) is 5.56 Å². The van der Waals surface area contributed by atoms with Crippen LogP contribution in [-0.2, 0) is 0 Å². The molecule has 1 aromatic carbocycles. The van der Waals surface area contributed by atoms with Gasteiger partial charge in [0.2, 0.25) is 0 Å². The summed E-state index contributed by atoms with van der Waals surface area (Å²) in [4.78, 5) is 18.5. The van der Waals surface area contributed by atoms with Gasteiger partial charge >= 0.3 is 0 Å². The maximum atomic E-state index is 15.2. The van der Waals surface area contributed by atoms with E-state index in [0.29, 0.717) is 35.9 Å². The molecule has 5 rings (SSSR count). The van der Waals surface area contributed by atoms with Gasteiger partial charge in [-0.15, -0.1) is 5.10 Å². The second-order valence-corrected chi connectivity index (χ2v) is 8.96. The number of rotatable bonds is 3. The van der Waals surface area contributed by atoms with Crippen LogP contribution in [0.5, 0.6) is 17.2 Å². The number of hydrogen-bond donors (Lipinski definition) is 0. The van der Waals surface area contributed by atoms with Crippen LogP contribution in [-0.4, -0.2) is 82.1 Å². The second-order valence-electron chi connectivity index (χ2n) is 8.96. The fraction of sp³-hybridized carbons (Fsp3) is 0.409. The number of aromatic nitrogens is 3. The number of alkyl halides is 1. The van der Waals surface area contributed by atoms with Gasteiger partial charge in [0, 0.05) is 41.6 Å². The highest BCUT2D eigenvalue weighted by Crippen LogP contribution is 2.41. The molecule has 13 heteroatoms. The summed E-state index contributed by atoms with van der Waals surface area (Å²) in [5.41, 5.74) is 1.57. The molecular formula is C22H19B4FN4O4. The van der Waals surface area contributed by atoms with E-state index in [-0.39, 0.29) is 23.6 Å². The molecule has 0 saturated carbocycles. The third kappa shape index (κ3) is 4.25. The number of nitrogens with zero attached hydrogens (tertiary/aromatic N) is 4. The molecule has 2 aliphatic heterocycles. The molecule has 3 aromatic rings. The van der Waals surface area contributed by atoms with Crippen LogP contribution in [0.3, 0.4) is 0 Å². The minimum atomic E-state index is -1.98. The fourth-order valence-electron chi connectivity index (χ4n) is 4.18. The van der Waals surface area contributed by atoms with Crippen molar-refractivity contribution in [2.75, 3.05) is 18.0 Å². The second kappa shape index (κ2) is 8.24. The Hall–Kier alpha value is -3.10. The molecule has 2 aromatic heterocycles. The Labute approximate surface area is 206 Å². The van der Waals surface area contributed by atoms with Crippen molar-refractivity contribution in [3.05, 3.63) is 51.9 Å². The molecule has 0 aliphatic carbocycles. The molecule has 8 radical (unpaired) electrons. The van der Waals surface area contributed by atoms with Crippen LogP contribution < -0.4 is 24.7 Å². The van der Waals surface area contributed by atoms with Crippen LogP contribution in [0.1, 0.15) is 17.7 Å². The zero-order valence-corrected chi connectivity index (χ0v) is 19.3. The van der Waals surface area contributed by atoms with E-state index < -0.39 is 23.1 Å². The van der Waals surface area contributed by atoms with Gasteiger partial charge in [0.05, 0.1) is 6.54 Å². The molecule has 2 aliphatic rings. The van der Waals surface area contributed by atoms with E-state index in [0.717, 1.165) is 5.56 Å². The van der Waals surface area contributed by atoms with E-state index >= 15 is 4.39 Å². The quantitative estimate of drug-likeness (QED) is 0.520. The Balaban J connectivity index is 1.32. The summed E-state index contributed by atoms with van der Waals surface area (Å²) >= 11 is 0. The van der Waals surface area contributed by atoms with Crippen LogP contribution in [0.4, 0.5) is 10.2 Å². The number of piperidine rings is 1. The molecule has 2 atom stereocenters. The Bertz CT molecular complexity index is 1370. The molecule has 0 amide bonds. The molecule has 170 valence electrons. The van der Waals surface area contributed by atoms with Gasteiger partial charge in [-0.3, -0.25) is 4.79 Å². The fourth-order valence-corrected chi connectivity index (χ4v) is 4.18. The van der Waals surface area contributed by atoms with Crippen molar-refractivity contribution in [3.8, 4) is 17.2 Å². The van der Waals surface area contributed by atoms with E-state index in [4.69, 9.17) is 45.6 Å². The average Bonchev–Trinajstić information content (AvgIpc) is 2.75. The first-order valence-electron chi connectivity index (χ1n) is 11.1. The number of fused-ring (bicyclic) bond motifs is 2. The molecule has 0 N–H and O–H groups in total. The van der Waals surface area contributed by atoms with Crippen LogP contribution in [0.25, 0.3) is 5.65 Å². The lowest BCUT2D eigenvalue weighted by molar-refractivity contribution is 0.0587. The Morgan fingerprint density at radius 3 is 2.51 bits per heavy atom. The Morgan fingerprint density at radius 1 is 1.09 bits per heavy atom. The minimum Gasteiger partial charge on any atom is -0.501 e. The van der Waals surface area contributed by atoms with Gasteiger partial charge in [-0.05, 0) is 37.6 Å². The summed E-state index contributed by atoms with van der Waals surface area (Å²) in [6, 6.07) is 7.80. The number of ether oxygens (including phenoxy) is 3. The highest BCUT2D eigenvalue weighted by molar-refractivity contribution is 6.53. The zero-order chi connectivity index (χ0) is 25.1. The highest BCUT2D eigenvalue weighted by atomic mass is 19.1. The highest BCUT2D eigenvalue weighted by Gasteiger charge is 2.43. The maximum absolute atomic E-state index is 15.2. The monoisotopic (exact) mass is 466 g/mol. The van der Waals surface area contributed by atoms with E-state index in [1.165, 1.54) is 22.7 Å². The van der Waals surface area contributed by atoms with Crippen molar-refractivity contribution < 1.29 is 18.6 Å². The van der Waals surface area contributed by atoms with Gasteiger partial charge in [-0.25, -0.2) is 9.37 Å². The van der Waals surface area contributed by atoms with Crippen LogP contribution >= 0.6 is 0 Å². The first kappa shape index (κ1) is 23.6. The third-order valence-electron chi connectivity index (χ3n) is 6.09. The number of benzene rings is 1. The topological polar surface area (TPSA) is 78.2 Å². The van der Waals surface area contributed by atoms with Crippen LogP contribution in [0.15, 0.2) is 35.1 Å². The lowest BCUT2D eigenvalue weighted by Crippen LogP contribution is -2.65. The summed E-state index contributed by atoms with van der Waals surface area (Å²) in [5.74, 6) is 1.29. The summed E-state index contributed by atoms with van der Waals surface area (Å²) in [7, 11) is 23.1. The summed E-state index contributed by atoms with van der Waals surface area (Å²) in [6.07, 6.45) is -1.67. The number of anilines is 1. The zero-order valence-electron chi connectivity index (χ0n) is 19.3. The minimum absolute atomic E-state index is 0.0418. The first-order valence-corrected chi connectivity index (χ1v) is 11.1. The normalized spacial score (nSPS) is 22.7. The Kier molecular flexibility index (Phi) is 5.56. The van der Waals surface area contributed by atoms with Crippen LogP contribution in [0, 0.1) is 13.8 Å². The molecule has 0 bridgehead atoms. The first-order chi connectivity index (χ1) is 16.4. The van der Waals surface area contributed by atoms with Crippen molar-refractivity contribution in [2.45, 2.75) is 43.3 Å². The van der Waals surface area contributed by atoms with Crippen molar-refractivity contribution >= 4 is 42.9 Å². The molecule has 1 saturated heterocycles. The summed E-state index contributed by atoms with van der Waals surface area (Å²) in [5, 5.41) is 0.527. The van der Waals surface area contributed by atoms with Gasteiger partial charge in [-0.1, -0.05) is 0 Å². The summed E-state index contributed by atoms with van der Waals surface area (Å²) < 4.78 is 33.3. The summed E-state index contributed by atoms with van der Waals surface area (Å²) in [6.45, 7) is 4.12. The van der Waals surface area contributed by atoms with E-state index in [9.17, 15) is 4.79 Å². The number of aryl methyl sites for hydroxylation is 2. The van der Waals surface area contributed by atoms with Crippen molar-refractivity contribution in [1.29, 1.82) is 0 Å².